The van der Waals surface area contributed by atoms with Crippen LogP contribution in [-0.2, 0) is 0 Å². The average Bonchev–Trinajstić information content (AvgIpc) is 2.58. The number of nitrogens with zero attached hydrogens (tertiary/aromatic N) is 2. The molecule has 24 heavy (non-hydrogen) atoms. The Morgan fingerprint density at radius 2 is 1.88 bits per heavy atom. The van der Waals surface area contributed by atoms with Crippen LogP contribution in [0.25, 0.3) is 0 Å². The molecule has 1 heterocycles. The molecule has 0 amide bonds. The summed E-state index contributed by atoms with van der Waals surface area (Å²) in [6.45, 7) is 6.64. The maximum atomic E-state index is 6.39. The molecule has 2 fully saturated rings. The van der Waals surface area contributed by atoms with Crippen molar-refractivity contribution in [1.82, 2.24) is 4.90 Å². The fourth-order valence-corrected chi connectivity index (χ4v) is 4.52. The molecule has 0 aromatic heterocycles. The monoisotopic (exact) mass is 369 g/mol. The zero-order valence-corrected chi connectivity index (χ0v) is 16.1. The standard InChI is InChI=1S/C19H29Cl2N3/c1-14-13-24(18-4-2-3-17(20)19(18)21)12-11-23(14)10-9-15-5-7-16(22)8-6-15/h2-4,14-16H,5-13,22H2,1H3/t14-,15-,16-/m1/s1. The van der Waals surface area contributed by atoms with Gasteiger partial charge in [0.15, 0.2) is 0 Å². The molecule has 0 spiro atoms. The van der Waals surface area contributed by atoms with E-state index < -0.39 is 0 Å². The van der Waals surface area contributed by atoms with Crippen LogP contribution in [0.2, 0.25) is 10.0 Å². The molecule has 3 rings (SSSR count). The summed E-state index contributed by atoms with van der Waals surface area (Å²) in [6.07, 6.45) is 6.36. The Labute approximate surface area is 156 Å². The molecule has 1 saturated heterocycles. The number of halogens is 2. The number of hydrogen-bond acceptors (Lipinski definition) is 3. The van der Waals surface area contributed by atoms with Crippen molar-refractivity contribution < 1.29 is 0 Å². The van der Waals surface area contributed by atoms with Gasteiger partial charge in [-0.15, -0.1) is 0 Å². The minimum absolute atomic E-state index is 0.450. The van der Waals surface area contributed by atoms with Crippen molar-refractivity contribution in [2.75, 3.05) is 31.1 Å². The van der Waals surface area contributed by atoms with Gasteiger partial charge in [-0.25, -0.2) is 0 Å². The molecule has 1 aliphatic carbocycles. The molecular weight excluding hydrogens is 341 g/mol. The lowest BCUT2D eigenvalue weighted by molar-refractivity contribution is 0.167. The van der Waals surface area contributed by atoms with E-state index in [2.05, 4.69) is 22.8 Å². The third kappa shape index (κ3) is 4.37. The van der Waals surface area contributed by atoms with Crippen molar-refractivity contribution >= 4 is 28.9 Å². The topological polar surface area (TPSA) is 32.5 Å². The largest absolute Gasteiger partial charge is 0.367 e. The van der Waals surface area contributed by atoms with Crippen molar-refractivity contribution in [2.24, 2.45) is 11.7 Å². The molecule has 5 heteroatoms. The van der Waals surface area contributed by atoms with E-state index in [4.69, 9.17) is 28.9 Å². The number of hydrogen-bond donors (Lipinski definition) is 1. The molecule has 3 nitrogen and oxygen atoms in total. The molecule has 1 aromatic rings. The van der Waals surface area contributed by atoms with Crippen molar-refractivity contribution in [1.29, 1.82) is 0 Å². The number of benzene rings is 1. The second-order valence-corrected chi connectivity index (χ2v) is 8.26. The number of piperazine rings is 1. The second-order valence-electron chi connectivity index (χ2n) is 7.47. The normalized spacial score (nSPS) is 29.0. The van der Waals surface area contributed by atoms with E-state index in [-0.39, 0.29) is 0 Å². The Bertz CT molecular complexity index is 543. The minimum Gasteiger partial charge on any atom is -0.367 e. The molecule has 0 unspecified atom stereocenters. The molecule has 2 aliphatic rings. The number of nitrogens with two attached hydrogens (primary N) is 1. The van der Waals surface area contributed by atoms with Crippen LogP contribution in [0.15, 0.2) is 18.2 Å². The first-order chi connectivity index (χ1) is 11.5. The van der Waals surface area contributed by atoms with Gasteiger partial charge < -0.3 is 10.6 Å². The van der Waals surface area contributed by atoms with E-state index in [1.165, 1.54) is 38.6 Å². The smallest absolute Gasteiger partial charge is 0.0825 e. The van der Waals surface area contributed by atoms with Crippen LogP contribution in [0.5, 0.6) is 0 Å². The van der Waals surface area contributed by atoms with E-state index >= 15 is 0 Å². The highest BCUT2D eigenvalue weighted by molar-refractivity contribution is 6.43. The summed E-state index contributed by atoms with van der Waals surface area (Å²) in [6, 6.07) is 6.89. The summed E-state index contributed by atoms with van der Waals surface area (Å²) < 4.78 is 0. The van der Waals surface area contributed by atoms with Crippen LogP contribution in [0.1, 0.15) is 39.0 Å². The second kappa shape index (κ2) is 8.27. The fraction of sp³-hybridized carbons (Fsp3) is 0.684. The average molecular weight is 370 g/mol. The highest BCUT2D eigenvalue weighted by Crippen LogP contribution is 2.33. The summed E-state index contributed by atoms with van der Waals surface area (Å²) >= 11 is 12.6. The predicted octanol–water partition coefficient (Wildman–Crippen LogP) is 4.41. The Kier molecular flexibility index (Phi) is 6.31. The van der Waals surface area contributed by atoms with Gasteiger partial charge in [-0.3, -0.25) is 4.90 Å². The van der Waals surface area contributed by atoms with E-state index in [1.54, 1.807) is 0 Å². The predicted molar refractivity (Wildman–Crippen MR) is 104 cm³/mol. The zero-order chi connectivity index (χ0) is 17.1. The van der Waals surface area contributed by atoms with Crippen molar-refractivity contribution in [2.45, 2.75) is 51.1 Å². The van der Waals surface area contributed by atoms with Gasteiger partial charge in [0.2, 0.25) is 0 Å². The van der Waals surface area contributed by atoms with Crippen molar-refractivity contribution in [3.63, 3.8) is 0 Å². The number of anilines is 1. The summed E-state index contributed by atoms with van der Waals surface area (Å²) in [5.41, 5.74) is 7.08. The van der Waals surface area contributed by atoms with Gasteiger partial charge >= 0.3 is 0 Å². The van der Waals surface area contributed by atoms with Gasteiger partial charge in [-0.05, 0) is 63.6 Å². The molecule has 2 N–H and O–H groups in total. The van der Waals surface area contributed by atoms with Crippen LogP contribution < -0.4 is 10.6 Å². The van der Waals surface area contributed by atoms with E-state index in [1.807, 2.05) is 12.1 Å². The van der Waals surface area contributed by atoms with Crippen LogP contribution in [0, 0.1) is 5.92 Å². The molecular formula is C19H29Cl2N3. The van der Waals surface area contributed by atoms with Gasteiger partial charge in [-0.2, -0.15) is 0 Å². The summed E-state index contributed by atoms with van der Waals surface area (Å²) in [7, 11) is 0. The highest BCUT2D eigenvalue weighted by Gasteiger charge is 2.26. The lowest BCUT2D eigenvalue weighted by atomic mass is 9.84. The first kappa shape index (κ1) is 18.3. The lowest BCUT2D eigenvalue weighted by Crippen LogP contribution is -2.52. The Morgan fingerprint density at radius 1 is 1.12 bits per heavy atom. The maximum Gasteiger partial charge on any atom is 0.0825 e. The van der Waals surface area contributed by atoms with Crippen LogP contribution in [-0.4, -0.2) is 43.2 Å². The molecule has 1 atom stereocenters. The highest BCUT2D eigenvalue weighted by atomic mass is 35.5. The quantitative estimate of drug-likeness (QED) is 0.852. The minimum atomic E-state index is 0.450. The van der Waals surface area contributed by atoms with E-state index in [0.29, 0.717) is 22.1 Å². The van der Waals surface area contributed by atoms with Crippen LogP contribution in [0.3, 0.4) is 0 Å². The Morgan fingerprint density at radius 3 is 2.58 bits per heavy atom. The summed E-state index contributed by atoms with van der Waals surface area (Å²) in [4.78, 5) is 5.00. The molecule has 1 saturated carbocycles. The molecule has 0 bridgehead atoms. The van der Waals surface area contributed by atoms with Gasteiger partial charge in [0.25, 0.3) is 0 Å². The first-order valence-electron chi connectivity index (χ1n) is 9.23. The van der Waals surface area contributed by atoms with E-state index in [0.717, 1.165) is 31.2 Å². The number of rotatable bonds is 4. The van der Waals surface area contributed by atoms with Crippen LogP contribution in [0.4, 0.5) is 5.69 Å². The SMILES string of the molecule is C[C@@H]1CN(c2cccc(Cl)c2Cl)CCN1CC[C@H]1CC[C@H](N)CC1. The summed E-state index contributed by atoms with van der Waals surface area (Å²) in [5.74, 6) is 0.873. The van der Waals surface area contributed by atoms with Gasteiger partial charge in [0.1, 0.15) is 0 Å². The molecule has 134 valence electrons. The Balaban J connectivity index is 1.51. The Hall–Kier alpha value is -0.480. The van der Waals surface area contributed by atoms with E-state index in [9.17, 15) is 0 Å². The molecule has 1 aliphatic heterocycles. The molecule has 0 radical (unpaired) electrons. The van der Waals surface area contributed by atoms with Gasteiger partial charge in [-0.1, -0.05) is 29.3 Å². The first-order valence-corrected chi connectivity index (χ1v) is 9.98. The third-order valence-corrected chi connectivity index (χ3v) is 6.56. The molecule has 1 aromatic carbocycles. The zero-order valence-electron chi connectivity index (χ0n) is 14.6. The fourth-order valence-electron chi connectivity index (χ4n) is 4.11. The maximum absolute atomic E-state index is 6.39. The van der Waals surface area contributed by atoms with Gasteiger partial charge in [0, 0.05) is 31.7 Å². The van der Waals surface area contributed by atoms with Crippen molar-refractivity contribution in [3.05, 3.63) is 28.2 Å². The third-order valence-electron chi connectivity index (χ3n) is 5.75. The van der Waals surface area contributed by atoms with Crippen molar-refractivity contribution in [3.8, 4) is 0 Å². The van der Waals surface area contributed by atoms with Crippen LogP contribution >= 0.6 is 23.2 Å². The summed E-state index contributed by atoms with van der Waals surface area (Å²) in [5, 5.41) is 1.32. The van der Waals surface area contributed by atoms with Gasteiger partial charge in [0.05, 0.1) is 15.7 Å². The lowest BCUT2D eigenvalue weighted by Gasteiger charge is -2.42.